The highest BCUT2D eigenvalue weighted by molar-refractivity contribution is 5.90. The molecule has 5 nitrogen and oxygen atoms in total. The van der Waals surface area contributed by atoms with Gasteiger partial charge in [-0.25, -0.2) is 14.8 Å². The van der Waals surface area contributed by atoms with Crippen LogP contribution in [0.15, 0.2) is 36.7 Å². The Morgan fingerprint density at radius 3 is 2.19 bits per heavy atom. The molecule has 170 valence electrons. The first-order valence-electron chi connectivity index (χ1n) is 10.5. The highest BCUT2D eigenvalue weighted by Gasteiger charge is 2.43. The van der Waals surface area contributed by atoms with Gasteiger partial charge in [-0.15, -0.1) is 0 Å². The summed E-state index contributed by atoms with van der Waals surface area (Å²) in [7, 11) is 1.11. The van der Waals surface area contributed by atoms with E-state index in [0.717, 1.165) is 25.5 Å². The lowest BCUT2D eigenvalue weighted by Crippen LogP contribution is -2.37. The molecular formula is C23H29F3N2O3. The number of aromatic nitrogens is 2. The molecule has 0 saturated heterocycles. The maximum absolute atomic E-state index is 12.9. The van der Waals surface area contributed by atoms with E-state index in [9.17, 15) is 18.0 Å². The van der Waals surface area contributed by atoms with Gasteiger partial charge in [-0.2, -0.15) is 13.2 Å². The summed E-state index contributed by atoms with van der Waals surface area (Å²) >= 11 is 0. The normalized spacial score (nSPS) is 12.5. The van der Waals surface area contributed by atoms with Crippen molar-refractivity contribution in [3.05, 3.63) is 47.8 Å². The van der Waals surface area contributed by atoms with Gasteiger partial charge in [0.1, 0.15) is 0 Å². The van der Waals surface area contributed by atoms with Gasteiger partial charge in [0, 0.05) is 25.1 Å². The van der Waals surface area contributed by atoms with Gasteiger partial charge in [-0.1, -0.05) is 51.2 Å². The summed E-state index contributed by atoms with van der Waals surface area (Å²) in [5.41, 5.74) is 1.73. The Labute approximate surface area is 181 Å². The summed E-state index contributed by atoms with van der Waals surface area (Å²) in [5.74, 6) is -0.583. The standard InChI is InChI=1S/C23H29F3N2O3/c1-3-4-5-6-7-8-9-17-14-27-21(28-15-17)18-10-12-19(13-11-18)22(29)31-20(16-30-2)23(24,25)26/h10-15,20H,3-9,16H2,1-2H3. The molecule has 2 rings (SSSR count). The van der Waals surface area contributed by atoms with Gasteiger partial charge in [0.2, 0.25) is 6.10 Å². The quantitative estimate of drug-likeness (QED) is 0.310. The van der Waals surface area contributed by atoms with Crippen LogP contribution in [0.1, 0.15) is 61.4 Å². The largest absolute Gasteiger partial charge is 0.447 e. The van der Waals surface area contributed by atoms with Crippen molar-refractivity contribution in [2.75, 3.05) is 13.7 Å². The summed E-state index contributed by atoms with van der Waals surface area (Å²) in [6.45, 7) is 1.44. The molecule has 0 aliphatic heterocycles. The van der Waals surface area contributed by atoms with Crippen LogP contribution in [0, 0.1) is 0 Å². The van der Waals surface area contributed by atoms with Crippen molar-refractivity contribution in [3.63, 3.8) is 0 Å². The average Bonchev–Trinajstić information content (AvgIpc) is 2.76. The van der Waals surface area contributed by atoms with Gasteiger partial charge in [0.25, 0.3) is 0 Å². The van der Waals surface area contributed by atoms with Crippen molar-refractivity contribution in [2.24, 2.45) is 0 Å². The molecule has 0 radical (unpaired) electrons. The Balaban J connectivity index is 1.91. The van der Waals surface area contributed by atoms with Gasteiger partial charge in [0.05, 0.1) is 12.2 Å². The predicted octanol–water partition coefficient (Wildman–Crippen LogP) is 5.78. The second-order valence-electron chi connectivity index (χ2n) is 7.40. The van der Waals surface area contributed by atoms with E-state index >= 15 is 0 Å². The van der Waals surface area contributed by atoms with E-state index in [1.165, 1.54) is 44.2 Å². The topological polar surface area (TPSA) is 61.3 Å². The van der Waals surface area contributed by atoms with Gasteiger partial charge in [-0.3, -0.25) is 0 Å². The number of benzene rings is 1. The number of esters is 1. The molecule has 0 saturated carbocycles. The summed E-state index contributed by atoms with van der Waals surface area (Å²) < 4.78 is 47.7. The molecular weight excluding hydrogens is 409 g/mol. The van der Waals surface area contributed by atoms with Crippen molar-refractivity contribution >= 4 is 5.97 Å². The fourth-order valence-corrected chi connectivity index (χ4v) is 3.04. The summed E-state index contributed by atoms with van der Waals surface area (Å²) in [6.07, 6.45) is 4.83. The maximum Gasteiger partial charge on any atom is 0.427 e. The van der Waals surface area contributed by atoms with E-state index in [-0.39, 0.29) is 5.56 Å². The minimum atomic E-state index is -4.70. The first-order chi connectivity index (χ1) is 14.8. The molecule has 0 N–H and O–H groups in total. The summed E-state index contributed by atoms with van der Waals surface area (Å²) in [4.78, 5) is 20.8. The zero-order chi connectivity index (χ0) is 22.7. The Kier molecular flexibility index (Phi) is 9.91. The zero-order valence-electron chi connectivity index (χ0n) is 18.0. The van der Waals surface area contributed by atoms with Crippen LogP contribution in [-0.4, -0.2) is 41.9 Å². The lowest BCUT2D eigenvalue weighted by Gasteiger charge is -2.19. The molecule has 1 unspecified atom stereocenters. The second-order valence-corrected chi connectivity index (χ2v) is 7.40. The Hall–Kier alpha value is -2.48. The van der Waals surface area contributed by atoms with Crippen LogP contribution < -0.4 is 0 Å². The first-order valence-corrected chi connectivity index (χ1v) is 10.5. The Bertz CT molecular complexity index is 793. The van der Waals surface area contributed by atoms with Gasteiger partial charge < -0.3 is 9.47 Å². The highest BCUT2D eigenvalue weighted by Crippen LogP contribution is 2.24. The number of halogens is 3. The minimum absolute atomic E-state index is 0.00814. The molecule has 1 aromatic heterocycles. The number of methoxy groups -OCH3 is 1. The first kappa shape index (κ1) is 24.8. The SMILES string of the molecule is CCCCCCCCc1cnc(-c2ccc(C(=O)OC(COC)C(F)(F)F)cc2)nc1. The smallest absolute Gasteiger partial charge is 0.427 e. The monoisotopic (exact) mass is 438 g/mol. The van der Waals surface area contributed by atoms with E-state index in [1.807, 2.05) is 0 Å². The fraction of sp³-hybridized carbons (Fsp3) is 0.522. The number of ether oxygens (including phenoxy) is 2. The number of nitrogens with zero attached hydrogens (tertiary/aromatic N) is 2. The van der Waals surface area contributed by atoms with Crippen molar-refractivity contribution in [1.29, 1.82) is 0 Å². The molecule has 0 bridgehead atoms. The number of rotatable bonds is 12. The molecule has 1 atom stereocenters. The lowest BCUT2D eigenvalue weighted by atomic mass is 10.1. The molecule has 0 amide bonds. The van der Waals surface area contributed by atoms with Gasteiger partial charge in [-0.05, 0) is 30.5 Å². The third kappa shape index (κ3) is 8.28. The fourth-order valence-electron chi connectivity index (χ4n) is 3.04. The van der Waals surface area contributed by atoms with Gasteiger partial charge in [0.15, 0.2) is 5.82 Å². The van der Waals surface area contributed by atoms with Crippen molar-refractivity contribution < 1.29 is 27.4 Å². The van der Waals surface area contributed by atoms with E-state index in [1.54, 1.807) is 24.5 Å². The van der Waals surface area contributed by atoms with Crippen LogP contribution in [0.4, 0.5) is 13.2 Å². The Morgan fingerprint density at radius 2 is 1.61 bits per heavy atom. The van der Waals surface area contributed by atoms with Crippen molar-refractivity contribution in [2.45, 2.75) is 64.1 Å². The lowest BCUT2D eigenvalue weighted by molar-refractivity contribution is -0.215. The van der Waals surface area contributed by atoms with Crippen LogP contribution in [0.25, 0.3) is 11.4 Å². The molecule has 0 aliphatic carbocycles. The van der Waals surface area contributed by atoms with Crippen molar-refractivity contribution in [3.8, 4) is 11.4 Å². The molecule has 0 spiro atoms. The van der Waals surface area contributed by atoms with Crippen LogP contribution in [0.2, 0.25) is 0 Å². The third-order valence-electron chi connectivity index (χ3n) is 4.84. The van der Waals surface area contributed by atoms with E-state index in [4.69, 9.17) is 0 Å². The molecule has 1 aromatic carbocycles. The highest BCUT2D eigenvalue weighted by atomic mass is 19.4. The third-order valence-corrected chi connectivity index (χ3v) is 4.84. The van der Waals surface area contributed by atoms with Crippen LogP contribution in [0.5, 0.6) is 0 Å². The zero-order valence-corrected chi connectivity index (χ0v) is 18.0. The predicted molar refractivity (Wildman–Crippen MR) is 112 cm³/mol. The second kappa shape index (κ2) is 12.4. The summed E-state index contributed by atoms with van der Waals surface area (Å²) in [6, 6.07) is 5.95. The van der Waals surface area contributed by atoms with E-state index < -0.39 is 24.9 Å². The number of unbranched alkanes of at least 4 members (excludes halogenated alkanes) is 5. The van der Waals surface area contributed by atoms with Crippen LogP contribution >= 0.6 is 0 Å². The molecule has 1 heterocycles. The number of carbonyl (C=O) groups is 1. The van der Waals surface area contributed by atoms with Crippen LogP contribution in [-0.2, 0) is 15.9 Å². The van der Waals surface area contributed by atoms with Gasteiger partial charge >= 0.3 is 12.1 Å². The van der Waals surface area contributed by atoms with E-state index in [2.05, 4.69) is 26.4 Å². The van der Waals surface area contributed by atoms with Crippen molar-refractivity contribution in [1.82, 2.24) is 9.97 Å². The minimum Gasteiger partial charge on any atom is -0.447 e. The molecule has 2 aromatic rings. The van der Waals surface area contributed by atoms with E-state index in [0.29, 0.717) is 11.4 Å². The number of alkyl halides is 3. The summed E-state index contributed by atoms with van der Waals surface area (Å²) in [5, 5.41) is 0. The average molecular weight is 438 g/mol. The Morgan fingerprint density at radius 1 is 1.00 bits per heavy atom. The number of carbonyl (C=O) groups excluding carboxylic acids is 1. The maximum atomic E-state index is 12.9. The molecule has 31 heavy (non-hydrogen) atoms. The molecule has 0 aliphatic rings. The number of aryl methyl sites for hydroxylation is 1. The van der Waals surface area contributed by atoms with Crippen LogP contribution in [0.3, 0.4) is 0 Å². The molecule has 8 heteroatoms. The number of hydrogen-bond donors (Lipinski definition) is 0. The molecule has 0 fully saturated rings. The number of hydrogen-bond acceptors (Lipinski definition) is 5.